The summed E-state index contributed by atoms with van der Waals surface area (Å²) in [6.07, 6.45) is 10.4. The Morgan fingerprint density at radius 3 is 1.84 bits per heavy atom. The van der Waals surface area contributed by atoms with Crippen molar-refractivity contribution in [3.05, 3.63) is 0 Å². The van der Waals surface area contributed by atoms with Crippen molar-refractivity contribution in [2.75, 3.05) is 0 Å². The Morgan fingerprint density at radius 1 is 0.920 bits per heavy atom. The van der Waals surface area contributed by atoms with Crippen LogP contribution in [-0.4, -0.2) is 29.1 Å². The van der Waals surface area contributed by atoms with Gasteiger partial charge in [-0.3, -0.25) is 14.4 Å². The minimum atomic E-state index is -1.17. The summed E-state index contributed by atoms with van der Waals surface area (Å²) >= 11 is 0. The Labute approximate surface area is 180 Å². The molecule has 0 spiro atoms. The van der Waals surface area contributed by atoms with E-state index in [-0.39, 0.29) is 62.7 Å². The zero-order valence-electron chi connectivity index (χ0n) is 16.6. The van der Waals surface area contributed by atoms with Crippen molar-refractivity contribution in [1.29, 1.82) is 0 Å². The van der Waals surface area contributed by atoms with Gasteiger partial charge >= 0.3 is 47.5 Å². The van der Waals surface area contributed by atoms with Crippen LogP contribution in [-0.2, 0) is 19.1 Å². The zero-order chi connectivity index (χ0) is 17.5. The summed E-state index contributed by atoms with van der Waals surface area (Å²) in [4.78, 5) is 33.3. The molecule has 0 aromatic heterocycles. The van der Waals surface area contributed by atoms with Gasteiger partial charge in [0.25, 0.3) is 0 Å². The van der Waals surface area contributed by atoms with Gasteiger partial charge in [0, 0.05) is 12.8 Å². The van der Waals surface area contributed by atoms with E-state index in [1.165, 1.54) is 38.5 Å². The standard InChI is InChI=1S/C17H31NO5.ClH.Na.H/c1-2-3-4-5-6-7-8-9-10-11-15(19)23-16(20)13-12-14(18)17(21)22;;;/h14H,2-13,18H2,1H3,(H,21,22);1H;;/q;;+1;-1/t14-;;;/m0.../s1. The van der Waals surface area contributed by atoms with E-state index in [2.05, 4.69) is 11.7 Å². The molecule has 0 unspecified atom stereocenters. The summed E-state index contributed by atoms with van der Waals surface area (Å²) in [6, 6.07) is -1.10. The molecule has 0 heterocycles. The maximum absolute atomic E-state index is 11.4. The fourth-order valence-corrected chi connectivity index (χ4v) is 2.21. The van der Waals surface area contributed by atoms with Gasteiger partial charge in [-0.2, -0.15) is 0 Å². The zero-order valence-corrected chi connectivity index (χ0v) is 18.4. The second-order valence-corrected chi connectivity index (χ2v) is 5.91. The van der Waals surface area contributed by atoms with E-state index in [9.17, 15) is 14.4 Å². The predicted octanol–water partition coefficient (Wildman–Crippen LogP) is 0.708. The molecule has 6 nitrogen and oxygen atoms in total. The first-order valence-electron chi connectivity index (χ1n) is 8.69. The maximum Gasteiger partial charge on any atom is 1.00 e. The number of carboxylic acids is 1. The molecular formula is C17H33ClNNaO5. The Bertz CT molecular complexity index is 375. The second-order valence-electron chi connectivity index (χ2n) is 5.91. The summed E-state index contributed by atoms with van der Waals surface area (Å²) < 4.78 is 4.63. The van der Waals surface area contributed by atoms with Crippen molar-refractivity contribution < 1.29 is 55.2 Å². The van der Waals surface area contributed by atoms with E-state index in [0.29, 0.717) is 0 Å². The van der Waals surface area contributed by atoms with Gasteiger partial charge in [0.2, 0.25) is 0 Å². The summed E-state index contributed by atoms with van der Waals surface area (Å²) in [7, 11) is 0. The molecule has 0 amide bonds. The van der Waals surface area contributed by atoms with Crippen molar-refractivity contribution in [2.24, 2.45) is 5.73 Å². The third-order valence-corrected chi connectivity index (χ3v) is 3.69. The topological polar surface area (TPSA) is 107 Å². The van der Waals surface area contributed by atoms with Crippen LogP contribution in [0.4, 0.5) is 0 Å². The molecule has 0 fully saturated rings. The van der Waals surface area contributed by atoms with Gasteiger partial charge in [0.1, 0.15) is 6.04 Å². The number of aliphatic carboxylic acids is 1. The van der Waals surface area contributed by atoms with Gasteiger partial charge < -0.3 is 17.0 Å². The molecule has 0 rings (SSSR count). The van der Waals surface area contributed by atoms with Crippen molar-refractivity contribution in [2.45, 2.75) is 90.0 Å². The second kappa shape index (κ2) is 20.2. The number of halogens is 1. The minimum absolute atomic E-state index is 0. The van der Waals surface area contributed by atoms with Crippen LogP contribution >= 0.6 is 12.4 Å². The summed E-state index contributed by atoms with van der Waals surface area (Å²) in [5.41, 5.74) is 5.27. The fourth-order valence-electron chi connectivity index (χ4n) is 2.21. The van der Waals surface area contributed by atoms with E-state index in [1.54, 1.807) is 0 Å². The molecule has 25 heavy (non-hydrogen) atoms. The quantitative estimate of drug-likeness (QED) is 0.196. The first kappa shape index (κ1) is 29.6. The Kier molecular flexibility index (Phi) is 23.9. The van der Waals surface area contributed by atoms with Crippen molar-refractivity contribution in [3.8, 4) is 0 Å². The summed E-state index contributed by atoms with van der Waals surface area (Å²) in [6.45, 7) is 2.20. The molecule has 0 radical (unpaired) electrons. The normalized spacial score (nSPS) is 11.0. The molecule has 0 aliphatic rings. The number of hydrogen-bond donors (Lipinski definition) is 2. The third-order valence-electron chi connectivity index (χ3n) is 3.69. The summed E-state index contributed by atoms with van der Waals surface area (Å²) in [5, 5.41) is 8.58. The number of nitrogens with two attached hydrogens (primary N) is 1. The van der Waals surface area contributed by atoms with Crippen molar-refractivity contribution in [1.82, 2.24) is 0 Å². The number of carbonyl (C=O) groups excluding carboxylic acids is 2. The monoisotopic (exact) mass is 389 g/mol. The number of rotatable bonds is 14. The van der Waals surface area contributed by atoms with Crippen LogP contribution in [0.2, 0.25) is 0 Å². The number of carbonyl (C=O) groups is 3. The molecule has 1 atom stereocenters. The molecule has 0 aliphatic heterocycles. The minimum Gasteiger partial charge on any atom is -1.00 e. The average Bonchev–Trinajstić information content (AvgIpc) is 2.50. The maximum atomic E-state index is 11.4. The van der Waals surface area contributed by atoms with Crippen LogP contribution in [0.15, 0.2) is 0 Å². The van der Waals surface area contributed by atoms with Crippen LogP contribution < -0.4 is 35.3 Å². The van der Waals surface area contributed by atoms with E-state index >= 15 is 0 Å². The first-order chi connectivity index (χ1) is 11.0. The van der Waals surface area contributed by atoms with Crippen molar-refractivity contribution in [3.63, 3.8) is 0 Å². The first-order valence-corrected chi connectivity index (χ1v) is 8.69. The van der Waals surface area contributed by atoms with Crippen LogP contribution in [0.5, 0.6) is 0 Å². The van der Waals surface area contributed by atoms with Gasteiger partial charge in [-0.25, -0.2) is 0 Å². The Hall–Kier alpha value is -0.140. The molecule has 0 saturated heterocycles. The predicted molar refractivity (Wildman–Crippen MR) is 96.1 cm³/mol. The van der Waals surface area contributed by atoms with Gasteiger partial charge in [-0.1, -0.05) is 58.3 Å². The van der Waals surface area contributed by atoms with Gasteiger partial charge in [0.05, 0.1) is 0 Å². The van der Waals surface area contributed by atoms with Crippen LogP contribution in [0.1, 0.15) is 85.4 Å². The van der Waals surface area contributed by atoms with Gasteiger partial charge in [-0.15, -0.1) is 12.4 Å². The number of esters is 2. The Morgan fingerprint density at radius 2 is 1.36 bits per heavy atom. The molecular weight excluding hydrogens is 357 g/mol. The van der Waals surface area contributed by atoms with E-state index in [4.69, 9.17) is 10.8 Å². The SMILES string of the molecule is CCCCCCCCCCCC(=O)OC(=O)CC[C@H](N)C(=O)O.Cl.[H-].[Na+]. The molecule has 0 aliphatic carbocycles. The molecule has 0 saturated carbocycles. The number of hydrogen-bond acceptors (Lipinski definition) is 5. The van der Waals surface area contributed by atoms with E-state index in [1.807, 2.05) is 0 Å². The largest absolute Gasteiger partial charge is 1.00 e. The Balaban J connectivity index is -0.000000807. The third kappa shape index (κ3) is 20.0. The fraction of sp³-hybridized carbons (Fsp3) is 0.824. The van der Waals surface area contributed by atoms with Gasteiger partial charge in [0.15, 0.2) is 0 Å². The van der Waals surface area contributed by atoms with E-state index in [0.717, 1.165) is 19.3 Å². The van der Waals surface area contributed by atoms with Crippen LogP contribution in [0.3, 0.4) is 0 Å². The molecule has 0 aromatic carbocycles. The molecule has 144 valence electrons. The van der Waals surface area contributed by atoms with Crippen LogP contribution in [0, 0.1) is 0 Å². The number of ether oxygens (including phenoxy) is 1. The average molecular weight is 390 g/mol. The number of unbranched alkanes of at least 4 members (excludes halogenated alkanes) is 8. The molecule has 3 N–H and O–H groups in total. The molecule has 0 aromatic rings. The molecule has 0 bridgehead atoms. The molecule has 8 heteroatoms. The van der Waals surface area contributed by atoms with Crippen LogP contribution in [0.25, 0.3) is 0 Å². The van der Waals surface area contributed by atoms with Gasteiger partial charge in [-0.05, 0) is 12.8 Å². The smallest absolute Gasteiger partial charge is 1.00 e. The van der Waals surface area contributed by atoms with Crippen molar-refractivity contribution >= 4 is 30.3 Å². The van der Waals surface area contributed by atoms with E-state index < -0.39 is 23.9 Å². The summed E-state index contributed by atoms with van der Waals surface area (Å²) in [5.74, 6) is -2.41. The number of carboxylic acid groups (broad SMARTS) is 1.